The summed E-state index contributed by atoms with van der Waals surface area (Å²) in [7, 11) is 0. The maximum atomic E-state index is 13.5. The Kier molecular flexibility index (Phi) is 6.80. The molecule has 4 nitrogen and oxygen atoms in total. The maximum absolute atomic E-state index is 13.5. The van der Waals surface area contributed by atoms with E-state index in [1.807, 2.05) is 52.3 Å². The molecule has 31 heavy (non-hydrogen) atoms. The number of carbonyl (C=O) groups excluding carboxylic acids is 2. The smallest absolute Gasteiger partial charge is 0.246 e. The maximum Gasteiger partial charge on any atom is 0.246 e. The molecule has 0 spiro atoms. The number of carbonyl (C=O) groups is 2. The molecule has 4 rings (SSSR count). The molecule has 0 aliphatic carbocycles. The van der Waals surface area contributed by atoms with Crippen molar-refractivity contribution >= 4 is 17.9 Å². The molecule has 2 heterocycles. The molecular weight excluding hydrogens is 391 g/mol. The lowest BCUT2D eigenvalue weighted by atomic mass is 9.94. The summed E-state index contributed by atoms with van der Waals surface area (Å²) < 4.78 is 13.5. The molecule has 2 aliphatic rings. The van der Waals surface area contributed by atoms with Crippen molar-refractivity contribution in [1.82, 2.24) is 9.80 Å². The first-order valence-electron chi connectivity index (χ1n) is 11.2. The molecule has 0 radical (unpaired) electrons. The molecule has 2 amide bonds. The van der Waals surface area contributed by atoms with E-state index in [9.17, 15) is 14.0 Å². The molecule has 162 valence electrons. The van der Waals surface area contributed by atoms with Crippen LogP contribution < -0.4 is 0 Å². The molecule has 0 unspecified atom stereocenters. The molecule has 2 aliphatic heterocycles. The Balaban J connectivity index is 1.30. The van der Waals surface area contributed by atoms with Gasteiger partial charge in [0.2, 0.25) is 11.8 Å². The highest BCUT2D eigenvalue weighted by Crippen LogP contribution is 2.27. The number of halogens is 1. The summed E-state index contributed by atoms with van der Waals surface area (Å²) in [5.41, 5.74) is 1.94. The Labute approximate surface area is 183 Å². The average molecular weight is 421 g/mol. The van der Waals surface area contributed by atoms with Crippen LogP contribution >= 0.6 is 0 Å². The minimum absolute atomic E-state index is 0.0000877. The minimum atomic E-state index is -0.230. The summed E-state index contributed by atoms with van der Waals surface area (Å²) in [5, 5.41) is 0. The first-order chi connectivity index (χ1) is 15.1. The molecule has 1 atom stereocenters. The number of rotatable bonds is 5. The van der Waals surface area contributed by atoms with Crippen LogP contribution in [-0.2, 0) is 16.0 Å². The Hall–Kier alpha value is -2.95. The van der Waals surface area contributed by atoms with Gasteiger partial charge in [-0.05, 0) is 61.4 Å². The highest BCUT2D eigenvalue weighted by Gasteiger charge is 2.35. The van der Waals surface area contributed by atoms with Crippen molar-refractivity contribution in [3.05, 3.63) is 77.6 Å². The Morgan fingerprint density at radius 3 is 2.48 bits per heavy atom. The number of benzene rings is 2. The van der Waals surface area contributed by atoms with E-state index >= 15 is 0 Å². The Bertz CT molecular complexity index is 935. The third-order valence-electron chi connectivity index (χ3n) is 6.39. The first-order valence-corrected chi connectivity index (χ1v) is 11.2. The van der Waals surface area contributed by atoms with Gasteiger partial charge >= 0.3 is 0 Å². The van der Waals surface area contributed by atoms with Crippen LogP contribution in [0.1, 0.15) is 36.8 Å². The van der Waals surface area contributed by atoms with Crippen molar-refractivity contribution in [2.45, 2.75) is 38.1 Å². The van der Waals surface area contributed by atoms with E-state index in [0.717, 1.165) is 30.5 Å². The lowest BCUT2D eigenvalue weighted by molar-refractivity contribution is -0.140. The van der Waals surface area contributed by atoms with Gasteiger partial charge < -0.3 is 9.80 Å². The van der Waals surface area contributed by atoms with Crippen molar-refractivity contribution in [3.63, 3.8) is 0 Å². The summed E-state index contributed by atoms with van der Waals surface area (Å²) in [5.74, 6) is -0.0623. The second-order valence-corrected chi connectivity index (χ2v) is 8.51. The van der Waals surface area contributed by atoms with Crippen molar-refractivity contribution in [1.29, 1.82) is 0 Å². The predicted octanol–water partition coefficient (Wildman–Crippen LogP) is 4.31. The Morgan fingerprint density at radius 2 is 1.74 bits per heavy atom. The molecule has 0 saturated carbocycles. The lowest BCUT2D eigenvalue weighted by Crippen LogP contribution is -2.45. The number of hydrogen-bond donors (Lipinski definition) is 0. The molecule has 0 bridgehead atoms. The highest BCUT2D eigenvalue weighted by molar-refractivity contribution is 5.92. The fraction of sp³-hybridized carbons (Fsp3) is 0.385. The van der Waals surface area contributed by atoms with E-state index in [1.54, 1.807) is 18.2 Å². The second-order valence-electron chi connectivity index (χ2n) is 8.51. The van der Waals surface area contributed by atoms with Gasteiger partial charge in [-0.1, -0.05) is 42.5 Å². The largest absolute Gasteiger partial charge is 0.339 e. The number of likely N-dealkylation sites (tertiary alicyclic amines) is 2. The lowest BCUT2D eigenvalue weighted by Gasteiger charge is -2.34. The topological polar surface area (TPSA) is 40.6 Å². The second kappa shape index (κ2) is 9.90. The fourth-order valence-electron chi connectivity index (χ4n) is 4.69. The molecule has 2 aromatic carbocycles. The normalized spacial score (nSPS) is 19.8. The van der Waals surface area contributed by atoms with Crippen LogP contribution in [-0.4, -0.2) is 47.3 Å². The van der Waals surface area contributed by atoms with Crippen LogP contribution in [0.15, 0.2) is 60.7 Å². The van der Waals surface area contributed by atoms with Crippen LogP contribution in [0.2, 0.25) is 0 Å². The standard InChI is InChI=1S/C26H29FN2O2/c27-23-9-4-8-21(18-23)19-24-10-5-15-29(24)26(31)22-13-16-28(17-14-22)25(30)12-11-20-6-2-1-3-7-20/h1-4,6-9,11-12,18,22,24H,5,10,13-17,19H2/b12-11+/t24-/m1/s1. The summed E-state index contributed by atoms with van der Waals surface area (Å²) in [6, 6.07) is 16.6. The van der Waals surface area contributed by atoms with Gasteiger partial charge in [0.05, 0.1) is 0 Å². The number of piperidine rings is 1. The first kappa shape index (κ1) is 21.3. The molecule has 0 N–H and O–H groups in total. The van der Waals surface area contributed by atoms with Crippen LogP contribution in [0.4, 0.5) is 4.39 Å². The SMILES string of the molecule is O=C(/C=C/c1ccccc1)N1CCC(C(=O)N2CCC[C@@H]2Cc2cccc(F)c2)CC1. The van der Waals surface area contributed by atoms with Crippen molar-refractivity contribution in [2.75, 3.05) is 19.6 Å². The zero-order valence-electron chi connectivity index (χ0n) is 17.8. The van der Waals surface area contributed by atoms with Gasteiger partial charge in [0.15, 0.2) is 0 Å². The third kappa shape index (κ3) is 5.40. The van der Waals surface area contributed by atoms with Gasteiger partial charge in [-0.2, -0.15) is 0 Å². The summed E-state index contributed by atoms with van der Waals surface area (Å²) in [6.07, 6.45) is 7.51. The van der Waals surface area contributed by atoms with Crippen LogP contribution in [0.5, 0.6) is 0 Å². The van der Waals surface area contributed by atoms with Crippen molar-refractivity contribution in [2.24, 2.45) is 5.92 Å². The quantitative estimate of drug-likeness (QED) is 0.677. The molecular formula is C26H29FN2O2. The van der Waals surface area contributed by atoms with Gasteiger partial charge in [0.1, 0.15) is 5.82 Å². The van der Waals surface area contributed by atoms with Crippen LogP contribution in [0.25, 0.3) is 6.08 Å². The van der Waals surface area contributed by atoms with E-state index in [-0.39, 0.29) is 29.6 Å². The Morgan fingerprint density at radius 1 is 0.968 bits per heavy atom. The molecule has 2 aromatic rings. The van der Waals surface area contributed by atoms with Crippen molar-refractivity contribution in [3.8, 4) is 0 Å². The zero-order chi connectivity index (χ0) is 21.6. The van der Waals surface area contributed by atoms with Crippen LogP contribution in [0.3, 0.4) is 0 Å². The monoisotopic (exact) mass is 420 g/mol. The minimum Gasteiger partial charge on any atom is -0.339 e. The molecule has 5 heteroatoms. The van der Waals surface area contributed by atoms with Crippen molar-refractivity contribution < 1.29 is 14.0 Å². The number of nitrogens with zero attached hydrogens (tertiary/aromatic N) is 2. The van der Waals surface area contributed by atoms with Gasteiger partial charge in [0.25, 0.3) is 0 Å². The number of amides is 2. The predicted molar refractivity (Wildman–Crippen MR) is 120 cm³/mol. The van der Waals surface area contributed by atoms with E-state index in [1.165, 1.54) is 6.07 Å². The fourth-order valence-corrected chi connectivity index (χ4v) is 4.69. The van der Waals surface area contributed by atoms with Gasteiger partial charge in [0, 0.05) is 37.7 Å². The van der Waals surface area contributed by atoms with Gasteiger partial charge in [-0.25, -0.2) is 4.39 Å². The van der Waals surface area contributed by atoms with Gasteiger partial charge in [-0.15, -0.1) is 0 Å². The van der Waals surface area contributed by atoms with E-state index in [4.69, 9.17) is 0 Å². The summed E-state index contributed by atoms with van der Waals surface area (Å²) in [4.78, 5) is 29.5. The van der Waals surface area contributed by atoms with E-state index in [0.29, 0.717) is 32.4 Å². The summed E-state index contributed by atoms with van der Waals surface area (Å²) in [6.45, 7) is 1.99. The highest BCUT2D eigenvalue weighted by atomic mass is 19.1. The summed E-state index contributed by atoms with van der Waals surface area (Å²) >= 11 is 0. The zero-order valence-corrected chi connectivity index (χ0v) is 17.8. The third-order valence-corrected chi connectivity index (χ3v) is 6.39. The van der Waals surface area contributed by atoms with Gasteiger partial charge in [-0.3, -0.25) is 9.59 Å². The average Bonchev–Trinajstić information content (AvgIpc) is 3.26. The van der Waals surface area contributed by atoms with E-state index < -0.39 is 0 Å². The number of hydrogen-bond acceptors (Lipinski definition) is 2. The molecule has 0 aromatic heterocycles. The molecule has 2 fully saturated rings. The molecule has 2 saturated heterocycles. The van der Waals surface area contributed by atoms with Crippen LogP contribution in [0, 0.1) is 11.7 Å². The van der Waals surface area contributed by atoms with E-state index in [2.05, 4.69) is 0 Å².